The predicted molar refractivity (Wildman–Crippen MR) is 111 cm³/mol. The van der Waals surface area contributed by atoms with E-state index in [1.54, 1.807) is 6.92 Å². The fourth-order valence-corrected chi connectivity index (χ4v) is 8.40. The standard InChI is InChI=1S/C25H38O3/c1-15-14-21-19-11-10-18-8-7-9-22(28-17(3)27)24(18,5)20(19)12-13-23(21,4)25(15,6)16(2)26/h10,15,19-22H,7-9,11-14H2,1-6H3/t15-,19-,20+,21-,22-,23-,24+,25-/m1/s1. The molecular weight excluding hydrogens is 348 g/mol. The average Bonchev–Trinajstić information content (AvgIpc) is 2.83. The maximum atomic E-state index is 12.8. The van der Waals surface area contributed by atoms with E-state index < -0.39 is 0 Å². The number of carbonyl (C=O) groups is 2. The molecule has 4 aliphatic rings. The van der Waals surface area contributed by atoms with Crippen molar-refractivity contribution in [3.63, 3.8) is 0 Å². The van der Waals surface area contributed by atoms with Crippen molar-refractivity contribution in [2.45, 2.75) is 92.6 Å². The van der Waals surface area contributed by atoms with Crippen LogP contribution in [-0.2, 0) is 14.3 Å². The molecule has 0 radical (unpaired) electrons. The first-order chi connectivity index (χ1) is 13.1. The van der Waals surface area contributed by atoms with Crippen molar-refractivity contribution in [2.24, 2.45) is 39.9 Å². The van der Waals surface area contributed by atoms with Crippen molar-refractivity contribution < 1.29 is 14.3 Å². The molecule has 0 aromatic heterocycles. The van der Waals surface area contributed by atoms with Gasteiger partial charge < -0.3 is 4.74 Å². The molecule has 28 heavy (non-hydrogen) atoms. The lowest BCUT2D eigenvalue weighted by Gasteiger charge is -2.60. The molecule has 0 spiro atoms. The Bertz CT molecular complexity index is 723. The van der Waals surface area contributed by atoms with Gasteiger partial charge in [0, 0.05) is 17.8 Å². The second kappa shape index (κ2) is 6.44. The first kappa shape index (κ1) is 20.2. The summed E-state index contributed by atoms with van der Waals surface area (Å²) >= 11 is 0. The van der Waals surface area contributed by atoms with Crippen LogP contribution in [0.25, 0.3) is 0 Å². The Morgan fingerprint density at radius 2 is 1.82 bits per heavy atom. The summed E-state index contributed by atoms with van der Waals surface area (Å²) in [4.78, 5) is 24.6. The third-order valence-electron chi connectivity index (χ3n) is 10.3. The Morgan fingerprint density at radius 3 is 2.46 bits per heavy atom. The van der Waals surface area contributed by atoms with Gasteiger partial charge in [0.25, 0.3) is 0 Å². The van der Waals surface area contributed by atoms with Gasteiger partial charge in [-0.05, 0) is 81.0 Å². The highest BCUT2D eigenvalue weighted by molar-refractivity contribution is 5.83. The largest absolute Gasteiger partial charge is 0.462 e. The molecule has 0 amide bonds. The summed E-state index contributed by atoms with van der Waals surface area (Å²) in [5, 5.41) is 0. The smallest absolute Gasteiger partial charge is 0.302 e. The molecule has 3 heteroatoms. The molecule has 0 bridgehead atoms. The van der Waals surface area contributed by atoms with Crippen molar-refractivity contribution in [1.82, 2.24) is 0 Å². The number of hydrogen-bond donors (Lipinski definition) is 0. The lowest BCUT2D eigenvalue weighted by atomic mass is 9.45. The summed E-state index contributed by atoms with van der Waals surface area (Å²) in [6, 6.07) is 0. The maximum Gasteiger partial charge on any atom is 0.302 e. The van der Waals surface area contributed by atoms with Crippen LogP contribution in [0.4, 0.5) is 0 Å². The number of esters is 1. The number of ether oxygens (including phenoxy) is 1. The molecule has 3 saturated carbocycles. The highest BCUT2D eigenvalue weighted by Crippen LogP contribution is 2.71. The van der Waals surface area contributed by atoms with Crippen LogP contribution in [0.1, 0.15) is 86.5 Å². The van der Waals surface area contributed by atoms with Crippen LogP contribution in [-0.4, -0.2) is 17.9 Å². The third kappa shape index (κ3) is 2.40. The zero-order valence-corrected chi connectivity index (χ0v) is 18.6. The van der Waals surface area contributed by atoms with Crippen LogP contribution < -0.4 is 0 Å². The van der Waals surface area contributed by atoms with E-state index in [-0.39, 0.29) is 28.3 Å². The number of allylic oxidation sites excluding steroid dienone is 1. The molecule has 0 N–H and O–H groups in total. The second-order valence-electron chi connectivity index (χ2n) is 11.0. The van der Waals surface area contributed by atoms with Gasteiger partial charge in [-0.3, -0.25) is 9.59 Å². The van der Waals surface area contributed by atoms with Gasteiger partial charge in [-0.25, -0.2) is 0 Å². The normalized spacial score (nSPS) is 50.1. The SMILES string of the molecule is CC(=O)O[C@@H]1CCCC2=CC[C@H]3[C@H]4C[C@@H](C)[C@](C)(C(C)=O)[C@]4(C)CC[C@@H]3[C@]21C. The fourth-order valence-electron chi connectivity index (χ4n) is 8.40. The Kier molecular flexibility index (Phi) is 4.64. The lowest BCUT2D eigenvalue weighted by molar-refractivity contribution is -0.164. The molecule has 0 aliphatic heterocycles. The van der Waals surface area contributed by atoms with Crippen molar-refractivity contribution >= 4 is 11.8 Å². The van der Waals surface area contributed by atoms with Crippen LogP contribution in [0.15, 0.2) is 11.6 Å². The first-order valence-corrected chi connectivity index (χ1v) is 11.4. The molecule has 4 aliphatic carbocycles. The van der Waals surface area contributed by atoms with Gasteiger partial charge in [-0.15, -0.1) is 0 Å². The molecule has 0 heterocycles. The molecule has 4 rings (SSSR count). The summed E-state index contributed by atoms with van der Waals surface area (Å²) in [5.74, 6) is 2.42. The lowest BCUT2D eigenvalue weighted by Crippen LogP contribution is -2.56. The third-order valence-corrected chi connectivity index (χ3v) is 10.3. The topological polar surface area (TPSA) is 43.4 Å². The van der Waals surface area contributed by atoms with Crippen LogP contribution >= 0.6 is 0 Å². The number of carbonyl (C=O) groups excluding carboxylic acids is 2. The molecule has 0 aromatic carbocycles. The van der Waals surface area contributed by atoms with E-state index in [2.05, 4.69) is 33.8 Å². The minimum Gasteiger partial charge on any atom is -0.462 e. The number of fused-ring (bicyclic) bond motifs is 5. The van der Waals surface area contributed by atoms with Gasteiger partial charge in [-0.2, -0.15) is 0 Å². The molecular formula is C25H38O3. The summed E-state index contributed by atoms with van der Waals surface area (Å²) in [6.45, 7) is 12.7. The average molecular weight is 387 g/mol. The minimum atomic E-state index is -0.213. The highest BCUT2D eigenvalue weighted by atomic mass is 16.5. The molecule has 0 unspecified atom stereocenters. The van der Waals surface area contributed by atoms with Crippen molar-refractivity contribution in [2.75, 3.05) is 0 Å². The van der Waals surface area contributed by atoms with Crippen molar-refractivity contribution in [1.29, 1.82) is 0 Å². The molecule has 3 fully saturated rings. The number of ketones is 1. The summed E-state index contributed by atoms with van der Waals surface area (Å²) in [7, 11) is 0. The van der Waals surface area contributed by atoms with Gasteiger partial charge in [0.05, 0.1) is 0 Å². The number of hydrogen-bond acceptors (Lipinski definition) is 3. The van der Waals surface area contributed by atoms with E-state index in [1.807, 2.05) is 6.92 Å². The Balaban J connectivity index is 1.73. The van der Waals surface area contributed by atoms with Gasteiger partial charge in [0.15, 0.2) is 0 Å². The molecule has 3 nitrogen and oxygen atoms in total. The molecule has 156 valence electrons. The van der Waals surface area contributed by atoms with E-state index in [4.69, 9.17) is 4.74 Å². The van der Waals surface area contributed by atoms with E-state index in [1.165, 1.54) is 5.57 Å². The van der Waals surface area contributed by atoms with Gasteiger partial charge >= 0.3 is 5.97 Å². The monoisotopic (exact) mass is 386 g/mol. The highest BCUT2D eigenvalue weighted by Gasteiger charge is 2.67. The minimum absolute atomic E-state index is 0.0140. The fraction of sp³-hybridized carbons (Fsp3) is 0.840. The summed E-state index contributed by atoms with van der Waals surface area (Å²) in [5.41, 5.74) is 1.39. The Morgan fingerprint density at radius 1 is 1.11 bits per heavy atom. The van der Waals surface area contributed by atoms with E-state index in [0.29, 0.717) is 29.5 Å². The van der Waals surface area contributed by atoms with Crippen LogP contribution in [0.5, 0.6) is 0 Å². The quantitative estimate of drug-likeness (QED) is 0.450. The maximum absolute atomic E-state index is 12.8. The van der Waals surface area contributed by atoms with Gasteiger partial charge in [0.2, 0.25) is 0 Å². The number of Topliss-reactive ketones (excluding diaryl/α,β-unsaturated/α-hetero) is 1. The van der Waals surface area contributed by atoms with Crippen molar-refractivity contribution in [3.8, 4) is 0 Å². The summed E-state index contributed by atoms with van der Waals surface area (Å²) in [6.07, 6.45) is 10.3. The van der Waals surface area contributed by atoms with E-state index in [9.17, 15) is 9.59 Å². The Hall–Kier alpha value is -1.12. The van der Waals surface area contributed by atoms with Crippen molar-refractivity contribution in [3.05, 3.63) is 11.6 Å². The predicted octanol–water partition coefficient (Wildman–Crippen LogP) is 5.72. The first-order valence-electron chi connectivity index (χ1n) is 11.4. The van der Waals surface area contributed by atoms with E-state index >= 15 is 0 Å². The Labute approximate surface area is 170 Å². The van der Waals surface area contributed by atoms with E-state index in [0.717, 1.165) is 44.9 Å². The molecule has 0 saturated heterocycles. The molecule has 8 atom stereocenters. The molecule has 0 aromatic rings. The van der Waals surface area contributed by atoms with Crippen LogP contribution in [0, 0.1) is 39.9 Å². The van der Waals surface area contributed by atoms with Crippen LogP contribution in [0.3, 0.4) is 0 Å². The zero-order chi connectivity index (χ0) is 20.5. The van der Waals surface area contributed by atoms with Gasteiger partial charge in [-0.1, -0.05) is 39.3 Å². The van der Waals surface area contributed by atoms with Gasteiger partial charge in [0.1, 0.15) is 11.9 Å². The zero-order valence-electron chi connectivity index (χ0n) is 18.6. The summed E-state index contributed by atoms with van der Waals surface area (Å²) < 4.78 is 5.92. The number of rotatable bonds is 2. The van der Waals surface area contributed by atoms with Crippen LogP contribution in [0.2, 0.25) is 0 Å². The second-order valence-corrected chi connectivity index (χ2v) is 11.0.